The van der Waals surface area contributed by atoms with E-state index >= 15 is 0 Å². The Morgan fingerprint density at radius 1 is 0.613 bits per heavy atom. The van der Waals surface area contributed by atoms with Crippen molar-refractivity contribution in [3.05, 3.63) is 121 Å². The number of rotatable bonds is 3. The second kappa shape index (κ2) is 7.08. The van der Waals surface area contributed by atoms with E-state index < -0.39 is 6.10 Å². The fourth-order valence-corrected chi connectivity index (χ4v) is 4.46. The van der Waals surface area contributed by atoms with Crippen molar-refractivity contribution in [2.24, 2.45) is 0 Å². The number of hydrogen-bond acceptors (Lipinski definition) is 2. The summed E-state index contributed by atoms with van der Waals surface area (Å²) in [6.07, 6.45) is -0.829. The molecule has 0 fully saturated rings. The Kier molecular flexibility index (Phi) is 4.08. The zero-order chi connectivity index (χ0) is 20.8. The van der Waals surface area contributed by atoms with E-state index in [2.05, 4.69) is 53.1 Å². The molecule has 0 spiro atoms. The molecule has 3 heteroatoms. The number of para-hydroxylation sites is 1. The summed E-state index contributed by atoms with van der Waals surface area (Å²) in [5.41, 5.74) is 3.69. The average Bonchev–Trinajstić information content (AvgIpc) is 3.24. The van der Waals surface area contributed by atoms with Crippen LogP contribution in [0.4, 0.5) is 0 Å². The van der Waals surface area contributed by atoms with E-state index in [9.17, 15) is 5.11 Å². The predicted octanol–water partition coefficient (Wildman–Crippen LogP) is 6.41. The molecule has 5 aromatic carbocycles. The van der Waals surface area contributed by atoms with Crippen LogP contribution >= 0.6 is 0 Å². The number of aromatic nitrogens is 2. The van der Waals surface area contributed by atoms with Crippen LogP contribution < -0.4 is 0 Å². The Hall–Kier alpha value is -3.95. The van der Waals surface area contributed by atoms with E-state index in [1.807, 2.05) is 60.7 Å². The molecule has 6 aromatic rings. The van der Waals surface area contributed by atoms with Crippen molar-refractivity contribution in [3.63, 3.8) is 0 Å². The third kappa shape index (κ3) is 2.82. The monoisotopic (exact) mass is 400 g/mol. The molecule has 1 aromatic heterocycles. The topological polar surface area (TPSA) is 38.1 Å². The van der Waals surface area contributed by atoms with E-state index in [0.717, 1.165) is 27.7 Å². The van der Waals surface area contributed by atoms with Gasteiger partial charge in [-0.15, -0.1) is 0 Å². The van der Waals surface area contributed by atoms with Gasteiger partial charge in [0.15, 0.2) is 0 Å². The quantitative estimate of drug-likeness (QED) is 0.348. The second-order valence-corrected chi connectivity index (χ2v) is 7.77. The highest BCUT2D eigenvalue weighted by Crippen LogP contribution is 2.35. The highest BCUT2D eigenvalue weighted by Gasteiger charge is 2.22. The maximum Gasteiger partial charge on any atom is 0.148 e. The van der Waals surface area contributed by atoms with Crippen LogP contribution in [0.2, 0.25) is 0 Å². The molecule has 3 nitrogen and oxygen atoms in total. The van der Waals surface area contributed by atoms with Crippen LogP contribution in [0.1, 0.15) is 17.5 Å². The largest absolute Gasteiger partial charge is 0.380 e. The van der Waals surface area contributed by atoms with E-state index in [1.54, 1.807) is 0 Å². The molecule has 0 saturated heterocycles. The summed E-state index contributed by atoms with van der Waals surface area (Å²) < 4.78 is 2.07. The number of hydrogen-bond donors (Lipinski definition) is 1. The standard InChI is InChI=1S/C28H20N2O/c31-27(20-10-3-1-4-11-20)28-29-26-24-16-15-19-9-7-8-14-22(19)23(24)17-18-25(26)30(28)21-12-5-2-6-13-21/h1-18,27,31H. The molecule has 1 atom stereocenters. The fourth-order valence-electron chi connectivity index (χ4n) is 4.46. The van der Waals surface area contributed by atoms with Crippen LogP contribution in [-0.4, -0.2) is 14.7 Å². The number of benzene rings is 5. The van der Waals surface area contributed by atoms with Crippen LogP contribution in [-0.2, 0) is 0 Å². The highest BCUT2D eigenvalue weighted by atomic mass is 16.3. The number of fused-ring (bicyclic) bond motifs is 5. The molecule has 1 unspecified atom stereocenters. The summed E-state index contributed by atoms with van der Waals surface area (Å²) >= 11 is 0. The van der Waals surface area contributed by atoms with Gasteiger partial charge in [0.2, 0.25) is 0 Å². The number of imidazole rings is 1. The van der Waals surface area contributed by atoms with Crippen molar-refractivity contribution in [1.82, 2.24) is 9.55 Å². The third-order valence-corrected chi connectivity index (χ3v) is 5.95. The van der Waals surface area contributed by atoms with Crippen molar-refractivity contribution in [2.75, 3.05) is 0 Å². The first-order chi connectivity index (χ1) is 15.3. The van der Waals surface area contributed by atoms with Gasteiger partial charge < -0.3 is 5.11 Å². The van der Waals surface area contributed by atoms with Crippen molar-refractivity contribution in [3.8, 4) is 5.69 Å². The minimum Gasteiger partial charge on any atom is -0.380 e. The molecular formula is C28H20N2O. The number of aliphatic hydroxyl groups is 1. The minimum absolute atomic E-state index is 0.619. The third-order valence-electron chi connectivity index (χ3n) is 5.95. The van der Waals surface area contributed by atoms with Crippen LogP contribution in [0.25, 0.3) is 38.3 Å². The zero-order valence-corrected chi connectivity index (χ0v) is 16.8. The van der Waals surface area contributed by atoms with Crippen molar-refractivity contribution in [2.45, 2.75) is 6.10 Å². The van der Waals surface area contributed by atoms with Gasteiger partial charge in [0.25, 0.3) is 0 Å². The van der Waals surface area contributed by atoms with E-state index in [4.69, 9.17) is 4.98 Å². The van der Waals surface area contributed by atoms with Crippen LogP contribution in [0.15, 0.2) is 109 Å². The van der Waals surface area contributed by atoms with Gasteiger partial charge in [-0.1, -0.05) is 91.0 Å². The molecule has 0 aliphatic heterocycles. The summed E-state index contributed by atoms with van der Waals surface area (Å²) in [6.45, 7) is 0. The Morgan fingerprint density at radius 2 is 1.29 bits per heavy atom. The van der Waals surface area contributed by atoms with Crippen molar-refractivity contribution in [1.29, 1.82) is 0 Å². The molecule has 0 aliphatic carbocycles. The van der Waals surface area contributed by atoms with E-state index in [1.165, 1.54) is 16.2 Å². The van der Waals surface area contributed by atoms with Gasteiger partial charge in [-0.25, -0.2) is 4.98 Å². The lowest BCUT2D eigenvalue weighted by atomic mass is 10.0. The lowest BCUT2D eigenvalue weighted by Gasteiger charge is -2.14. The molecule has 0 bridgehead atoms. The normalized spacial score (nSPS) is 12.5. The Labute approximate surface area is 179 Å². The molecule has 0 radical (unpaired) electrons. The molecule has 0 saturated carbocycles. The van der Waals surface area contributed by atoms with Crippen molar-refractivity contribution >= 4 is 32.6 Å². The molecule has 0 aliphatic rings. The summed E-state index contributed by atoms with van der Waals surface area (Å²) in [4.78, 5) is 5.01. The van der Waals surface area contributed by atoms with Gasteiger partial charge in [-0.3, -0.25) is 4.57 Å². The first kappa shape index (κ1) is 17.9. The fraction of sp³-hybridized carbons (Fsp3) is 0.0357. The molecule has 31 heavy (non-hydrogen) atoms. The van der Waals surface area contributed by atoms with Gasteiger partial charge >= 0.3 is 0 Å². The number of nitrogens with zero attached hydrogens (tertiary/aromatic N) is 2. The smallest absolute Gasteiger partial charge is 0.148 e. The van der Waals surface area contributed by atoms with Gasteiger partial charge in [-0.2, -0.15) is 0 Å². The lowest BCUT2D eigenvalue weighted by molar-refractivity contribution is 0.208. The summed E-state index contributed by atoms with van der Waals surface area (Å²) in [5.74, 6) is 0.619. The summed E-state index contributed by atoms with van der Waals surface area (Å²) in [5, 5.41) is 16.0. The second-order valence-electron chi connectivity index (χ2n) is 7.77. The summed E-state index contributed by atoms with van der Waals surface area (Å²) in [6, 6.07) is 36.8. The van der Waals surface area contributed by atoms with Gasteiger partial charge in [-0.05, 0) is 39.9 Å². The molecule has 1 heterocycles. The maximum absolute atomic E-state index is 11.3. The molecular weight excluding hydrogens is 380 g/mol. The average molecular weight is 400 g/mol. The van der Waals surface area contributed by atoms with Gasteiger partial charge in [0.1, 0.15) is 11.9 Å². The molecule has 1 N–H and O–H groups in total. The highest BCUT2D eigenvalue weighted by molar-refractivity contribution is 6.15. The SMILES string of the molecule is OC(c1ccccc1)c1nc2c3ccc4ccccc4c3ccc2n1-c1ccccc1. The van der Waals surface area contributed by atoms with Crippen molar-refractivity contribution < 1.29 is 5.11 Å². The molecule has 0 amide bonds. The zero-order valence-electron chi connectivity index (χ0n) is 16.8. The van der Waals surface area contributed by atoms with Gasteiger partial charge in [0, 0.05) is 11.1 Å². The van der Waals surface area contributed by atoms with Gasteiger partial charge in [0.05, 0.1) is 11.0 Å². The van der Waals surface area contributed by atoms with Crippen LogP contribution in [0, 0.1) is 0 Å². The molecule has 6 rings (SSSR count). The lowest BCUT2D eigenvalue weighted by Crippen LogP contribution is -2.08. The van der Waals surface area contributed by atoms with Crippen LogP contribution in [0.3, 0.4) is 0 Å². The Balaban J connectivity index is 1.70. The first-order valence-electron chi connectivity index (χ1n) is 10.4. The summed E-state index contributed by atoms with van der Waals surface area (Å²) in [7, 11) is 0. The van der Waals surface area contributed by atoms with Crippen LogP contribution in [0.5, 0.6) is 0 Å². The van der Waals surface area contributed by atoms with E-state index in [-0.39, 0.29) is 0 Å². The molecule has 148 valence electrons. The Morgan fingerprint density at radius 3 is 2.10 bits per heavy atom. The number of aliphatic hydroxyl groups excluding tert-OH is 1. The minimum atomic E-state index is -0.829. The maximum atomic E-state index is 11.3. The predicted molar refractivity (Wildman–Crippen MR) is 127 cm³/mol. The Bertz CT molecular complexity index is 1540. The van der Waals surface area contributed by atoms with E-state index in [0.29, 0.717) is 5.82 Å². The first-order valence-corrected chi connectivity index (χ1v) is 10.4.